The summed E-state index contributed by atoms with van der Waals surface area (Å²) in [6.45, 7) is 4.81. The normalized spacial score (nSPS) is 10.8. The van der Waals surface area contributed by atoms with Gasteiger partial charge in [0.15, 0.2) is 5.78 Å². The third-order valence-corrected chi connectivity index (χ3v) is 3.40. The lowest BCUT2D eigenvalue weighted by atomic mass is 10.0. The molecule has 2 N–H and O–H groups in total. The SMILES string of the molecule is CC(C)(C)OC(=O)NCC(=O)Nc1cnncc1C(=O)c1ccc(Cl)cc1. The Bertz CT molecular complexity index is 847. The zero-order chi connectivity index (χ0) is 20.0. The fourth-order valence-electron chi connectivity index (χ4n) is 2.02. The number of carbonyl (C=O) groups is 3. The molecule has 142 valence electrons. The number of carbonyl (C=O) groups excluding carboxylic acids is 3. The molecule has 0 bridgehead atoms. The van der Waals surface area contributed by atoms with E-state index in [1.807, 2.05) is 0 Å². The second kappa shape index (κ2) is 8.59. The molecular weight excluding hydrogens is 372 g/mol. The molecule has 1 aromatic carbocycles. The summed E-state index contributed by atoms with van der Waals surface area (Å²) in [6, 6.07) is 6.32. The third-order valence-electron chi connectivity index (χ3n) is 3.15. The molecule has 1 aromatic heterocycles. The monoisotopic (exact) mass is 390 g/mol. The molecule has 0 saturated carbocycles. The van der Waals surface area contributed by atoms with Gasteiger partial charge < -0.3 is 15.4 Å². The van der Waals surface area contributed by atoms with Gasteiger partial charge in [0.05, 0.1) is 23.6 Å². The first-order chi connectivity index (χ1) is 12.7. The van der Waals surface area contributed by atoms with Crippen LogP contribution in [0.25, 0.3) is 0 Å². The zero-order valence-corrected chi connectivity index (χ0v) is 15.8. The van der Waals surface area contributed by atoms with Crippen LogP contribution < -0.4 is 10.6 Å². The van der Waals surface area contributed by atoms with E-state index < -0.39 is 17.6 Å². The van der Waals surface area contributed by atoms with E-state index in [0.29, 0.717) is 10.6 Å². The molecule has 0 aliphatic carbocycles. The van der Waals surface area contributed by atoms with E-state index in [2.05, 4.69) is 20.8 Å². The molecular formula is C18H19ClN4O4. The van der Waals surface area contributed by atoms with E-state index in [1.165, 1.54) is 12.4 Å². The Kier molecular flexibility index (Phi) is 6.46. The summed E-state index contributed by atoms with van der Waals surface area (Å²) >= 11 is 5.83. The summed E-state index contributed by atoms with van der Waals surface area (Å²) in [7, 11) is 0. The highest BCUT2D eigenvalue weighted by atomic mass is 35.5. The number of hydrogen-bond acceptors (Lipinski definition) is 6. The summed E-state index contributed by atoms with van der Waals surface area (Å²) in [6.07, 6.45) is 1.80. The van der Waals surface area contributed by atoms with Crippen LogP contribution in [0.2, 0.25) is 5.02 Å². The van der Waals surface area contributed by atoms with Crippen LogP contribution in [-0.4, -0.2) is 40.1 Å². The van der Waals surface area contributed by atoms with E-state index in [9.17, 15) is 14.4 Å². The Morgan fingerprint density at radius 3 is 2.33 bits per heavy atom. The van der Waals surface area contributed by atoms with Gasteiger partial charge in [-0.25, -0.2) is 4.79 Å². The predicted molar refractivity (Wildman–Crippen MR) is 99.8 cm³/mol. The number of nitrogens with zero attached hydrogens (tertiary/aromatic N) is 2. The molecule has 27 heavy (non-hydrogen) atoms. The number of benzene rings is 1. The van der Waals surface area contributed by atoms with Gasteiger partial charge in [-0.3, -0.25) is 9.59 Å². The highest BCUT2D eigenvalue weighted by Gasteiger charge is 2.18. The topological polar surface area (TPSA) is 110 Å². The van der Waals surface area contributed by atoms with Gasteiger partial charge in [-0.2, -0.15) is 10.2 Å². The summed E-state index contributed by atoms with van der Waals surface area (Å²) in [5.41, 5.74) is 0.0574. The van der Waals surface area contributed by atoms with Crippen molar-refractivity contribution < 1.29 is 19.1 Å². The first-order valence-corrected chi connectivity index (χ1v) is 8.41. The summed E-state index contributed by atoms with van der Waals surface area (Å²) in [4.78, 5) is 36.3. The van der Waals surface area contributed by atoms with Crippen molar-refractivity contribution in [3.05, 3.63) is 52.8 Å². The lowest BCUT2D eigenvalue weighted by molar-refractivity contribution is -0.115. The van der Waals surface area contributed by atoms with E-state index >= 15 is 0 Å². The number of halogens is 1. The molecule has 0 aliphatic heterocycles. The Morgan fingerprint density at radius 1 is 1.07 bits per heavy atom. The van der Waals surface area contributed by atoms with Gasteiger partial charge in [-0.05, 0) is 45.0 Å². The summed E-state index contributed by atoms with van der Waals surface area (Å²) < 4.78 is 5.05. The van der Waals surface area contributed by atoms with Crippen molar-refractivity contribution in [2.75, 3.05) is 11.9 Å². The fourth-order valence-corrected chi connectivity index (χ4v) is 2.15. The molecule has 2 aromatic rings. The molecule has 1 heterocycles. The summed E-state index contributed by atoms with van der Waals surface area (Å²) in [5.74, 6) is -0.893. The van der Waals surface area contributed by atoms with Crippen molar-refractivity contribution in [2.45, 2.75) is 26.4 Å². The van der Waals surface area contributed by atoms with E-state index in [1.54, 1.807) is 45.0 Å². The lowest BCUT2D eigenvalue weighted by Crippen LogP contribution is -2.37. The molecule has 0 atom stereocenters. The molecule has 2 amide bonds. The number of amides is 2. The number of ketones is 1. The minimum atomic E-state index is -0.719. The minimum absolute atomic E-state index is 0.165. The number of rotatable bonds is 5. The predicted octanol–water partition coefficient (Wildman–Crippen LogP) is 2.82. The largest absolute Gasteiger partial charge is 0.444 e. The molecule has 2 rings (SSSR count). The molecule has 0 unspecified atom stereocenters. The highest BCUT2D eigenvalue weighted by molar-refractivity contribution is 6.30. The zero-order valence-electron chi connectivity index (χ0n) is 15.1. The highest BCUT2D eigenvalue weighted by Crippen LogP contribution is 2.19. The maximum absolute atomic E-state index is 12.6. The number of alkyl carbamates (subject to hydrolysis) is 1. The first-order valence-electron chi connectivity index (χ1n) is 8.03. The molecule has 0 saturated heterocycles. The van der Waals surface area contributed by atoms with Gasteiger partial charge >= 0.3 is 6.09 Å². The third kappa shape index (κ3) is 6.34. The Hall–Kier alpha value is -3.00. The average molecular weight is 391 g/mol. The quantitative estimate of drug-likeness (QED) is 0.759. The maximum atomic E-state index is 12.6. The number of nitrogens with one attached hydrogen (secondary N) is 2. The van der Waals surface area contributed by atoms with Crippen molar-refractivity contribution in [3.63, 3.8) is 0 Å². The number of anilines is 1. The molecule has 9 heteroatoms. The lowest BCUT2D eigenvalue weighted by Gasteiger charge is -2.19. The Morgan fingerprint density at radius 2 is 1.70 bits per heavy atom. The van der Waals surface area contributed by atoms with Gasteiger partial charge in [0.2, 0.25) is 5.91 Å². The van der Waals surface area contributed by atoms with Crippen LogP contribution in [0.4, 0.5) is 10.5 Å². The van der Waals surface area contributed by atoms with Crippen LogP contribution >= 0.6 is 11.6 Å². The van der Waals surface area contributed by atoms with Crippen LogP contribution in [0.15, 0.2) is 36.7 Å². The van der Waals surface area contributed by atoms with Crippen molar-refractivity contribution >= 4 is 35.1 Å². The second-order valence-electron chi connectivity index (χ2n) is 6.56. The van der Waals surface area contributed by atoms with Crippen LogP contribution in [0.1, 0.15) is 36.7 Å². The van der Waals surface area contributed by atoms with Crippen LogP contribution in [0.3, 0.4) is 0 Å². The number of ether oxygens (including phenoxy) is 1. The Labute approximate surface area is 161 Å². The minimum Gasteiger partial charge on any atom is -0.444 e. The van der Waals surface area contributed by atoms with Crippen molar-refractivity contribution in [1.29, 1.82) is 0 Å². The van der Waals surface area contributed by atoms with E-state index in [4.69, 9.17) is 16.3 Å². The maximum Gasteiger partial charge on any atom is 0.408 e. The van der Waals surface area contributed by atoms with Gasteiger partial charge in [-0.15, -0.1) is 0 Å². The molecule has 0 aliphatic rings. The second-order valence-corrected chi connectivity index (χ2v) is 6.99. The molecule has 0 spiro atoms. The molecule has 8 nitrogen and oxygen atoms in total. The van der Waals surface area contributed by atoms with Gasteiger partial charge in [-0.1, -0.05) is 11.6 Å². The van der Waals surface area contributed by atoms with Crippen molar-refractivity contribution in [2.24, 2.45) is 0 Å². The molecule has 0 fully saturated rings. The van der Waals surface area contributed by atoms with Gasteiger partial charge in [0, 0.05) is 10.6 Å². The number of hydrogen-bond donors (Lipinski definition) is 2. The fraction of sp³-hybridized carbons (Fsp3) is 0.278. The van der Waals surface area contributed by atoms with Crippen molar-refractivity contribution in [3.8, 4) is 0 Å². The van der Waals surface area contributed by atoms with Crippen LogP contribution in [0, 0.1) is 0 Å². The average Bonchev–Trinajstić information content (AvgIpc) is 2.59. The van der Waals surface area contributed by atoms with Crippen molar-refractivity contribution in [1.82, 2.24) is 15.5 Å². The summed E-state index contributed by atoms with van der Waals surface area (Å²) in [5, 5.41) is 12.7. The van der Waals surface area contributed by atoms with Crippen LogP contribution in [0.5, 0.6) is 0 Å². The molecule has 0 radical (unpaired) electrons. The smallest absolute Gasteiger partial charge is 0.408 e. The standard InChI is InChI=1S/C18H19ClN4O4/c1-18(2,3)27-17(26)20-10-15(24)23-14-9-22-21-8-13(14)16(25)11-4-6-12(19)7-5-11/h4-9H,10H2,1-3H3,(H,20,26)(H,21,23,24). The van der Waals surface area contributed by atoms with Crippen LogP contribution in [-0.2, 0) is 9.53 Å². The van der Waals surface area contributed by atoms with Gasteiger partial charge in [0.1, 0.15) is 12.1 Å². The van der Waals surface area contributed by atoms with E-state index in [-0.39, 0.29) is 23.6 Å². The number of aromatic nitrogens is 2. The first kappa shape index (κ1) is 20.3. The Balaban J connectivity index is 2.05. The van der Waals surface area contributed by atoms with E-state index in [0.717, 1.165) is 0 Å². The van der Waals surface area contributed by atoms with Gasteiger partial charge in [0.25, 0.3) is 0 Å².